The predicted molar refractivity (Wildman–Crippen MR) is 81.9 cm³/mol. The molecule has 1 aromatic carbocycles. The van der Waals surface area contributed by atoms with E-state index in [9.17, 15) is 9.59 Å². The third-order valence-corrected chi connectivity index (χ3v) is 4.20. The standard InChI is InChI=1S/C14H16Cl2N2O3/c15-9-2-3-10(16)11(8-9)18-12(19)4-7-17-14(13(20)21)5-1-6-14/h2-3,8,17H,1,4-7H2,(H,18,19)(H,20,21). The minimum atomic E-state index is -0.855. The van der Waals surface area contributed by atoms with Crippen LogP contribution >= 0.6 is 23.2 Å². The highest BCUT2D eigenvalue weighted by molar-refractivity contribution is 6.35. The molecule has 114 valence electrons. The van der Waals surface area contributed by atoms with E-state index in [1.165, 1.54) is 0 Å². The monoisotopic (exact) mass is 330 g/mol. The van der Waals surface area contributed by atoms with Gasteiger partial charge in [-0.05, 0) is 37.5 Å². The van der Waals surface area contributed by atoms with E-state index in [1.54, 1.807) is 18.2 Å². The number of hydrogen-bond acceptors (Lipinski definition) is 3. The molecule has 2 rings (SSSR count). The predicted octanol–water partition coefficient (Wildman–Crippen LogP) is 2.92. The molecule has 3 N–H and O–H groups in total. The molecule has 0 spiro atoms. The number of nitrogens with one attached hydrogen (secondary N) is 2. The van der Waals surface area contributed by atoms with Crippen LogP contribution in [0.1, 0.15) is 25.7 Å². The zero-order chi connectivity index (χ0) is 15.5. The van der Waals surface area contributed by atoms with Crippen molar-refractivity contribution in [3.63, 3.8) is 0 Å². The topological polar surface area (TPSA) is 78.4 Å². The quantitative estimate of drug-likeness (QED) is 0.749. The van der Waals surface area contributed by atoms with Gasteiger partial charge in [0.05, 0.1) is 10.7 Å². The second-order valence-corrected chi connectivity index (χ2v) is 5.93. The normalized spacial score (nSPS) is 16.1. The van der Waals surface area contributed by atoms with E-state index in [-0.39, 0.29) is 12.3 Å². The molecule has 5 nitrogen and oxygen atoms in total. The van der Waals surface area contributed by atoms with Gasteiger partial charge in [0.25, 0.3) is 0 Å². The second kappa shape index (κ2) is 6.64. The highest BCUT2D eigenvalue weighted by Crippen LogP contribution is 2.32. The zero-order valence-corrected chi connectivity index (χ0v) is 12.8. The van der Waals surface area contributed by atoms with Crippen LogP contribution < -0.4 is 10.6 Å². The number of carboxylic acids is 1. The van der Waals surface area contributed by atoms with E-state index in [4.69, 9.17) is 28.3 Å². The van der Waals surface area contributed by atoms with Gasteiger partial charge in [-0.15, -0.1) is 0 Å². The molecule has 0 saturated heterocycles. The Bertz CT molecular complexity index is 559. The Morgan fingerprint density at radius 2 is 2.00 bits per heavy atom. The summed E-state index contributed by atoms with van der Waals surface area (Å²) in [5.74, 6) is -1.10. The Hall–Kier alpha value is -1.30. The van der Waals surface area contributed by atoms with Crippen LogP contribution in [-0.4, -0.2) is 29.1 Å². The first-order valence-electron chi connectivity index (χ1n) is 6.66. The highest BCUT2D eigenvalue weighted by atomic mass is 35.5. The van der Waals surface area contributed by atoms with Crippen LogP contribution in [0.15, 0.2) is 18.2 Å². The number of carbonyl (C=O) groups is 2. The molecule has 1 saturated carbocycles. The Balaban J connectivity index is 1.82. The number of hydrogen-bond donors (Lipinski definition) is 3. The number of anilines is 1. The maximum atomic E-state index is 11.8. The summed E-state index contributed by atoms with van der Waals surface area (Å²) in [4.78, 5) is 23.0. The number of amides is 1. The molecule has 0 bridgehead atoms. The number of benzene rings is 1. The molecule has 1 amide bonds. The molecule has 0 aliphatic heterocycles. The molecular formula is C14H16Cl2N2O3. The van der Waals surface area contributed by atoms with E-state index in [2.05, 4.69) is 10.6 Å². The van der Waals surface area contributed by atoms with E-state index < -0.39 is 11.5 Å². The largest absolute Gasteiger partial charge is 0.480 e. The van der Waals surface area contributed by atoms with Crippen molar-refractivity contribution in [1.82, 2.24) is 5.32 Å². The minimum absolute atomic E-state index is 0.165. The van der Waals surface area contributed by atoms with Crippen molar-refractivity contribution in [3.8, 4) is 0 Å². The van der Waals surface area contributed by atoms with Crippen LogP contribution in [-0.2, 0) is 9.59 Å². The summed E-state index contributed by atoms with van der Waals surface area (Å²) in [5, 5.41) is 15.7. The summed E-state index contributed by atoms with van der Waals surface area (Å²) >= 11 is 11.8. The lowest BCUT2D eigenvalue weighted by Gasteiger charge is -2.38. The molecule has 1 aliphatic rings. The number of carboxylic acid groups (broad SMARTS) is 1. The average Bonchev–Trinajstić information content (AvgIpc) is 2.36. The van der Waals surface area contributed by atoms with Gasteiger partial charge in [0.1, 0.15) is 5.54 Å². The van der Waals surface area contributed by atoms with Crippen LogP contribution in [0.25, 0.3) is 0 Å². The van der Waals surface area contributed by atoms with Gasteiger partial charge in [0.15, 0.2) is 0 Å². The molecule has 0 heterocycles. The summed E-state index contributed by atoms with van der Waals surface area (Å²) in [6, 6.07) is 4.81. The Labute approximate surface area is 132 Å². The van der Waals surface area contributed by atoms with E-state index >= 15 is 0 Å². The number of halogens is 2. The fourth-order valence-electron chi connectivity index (χ4n) is 2.22. The lowest BCUT2D eigenvalue weighted by atomic mass is 9.77. The third-order valence-electron chi connectivity index (χ3n) is 3.63. The fraction of sp³-hybridized carbons (Fsp3) is 0.429. The van der Waals surface area contributed by atoms with Crippen molar-refractivity contribution in [2.75, 3.05) is 11.9 Å². The van der Waals surface area contributed by atoms with Gasteiger partial charge in [-0.25, -0.2) is 0 Å². The van der Waals surface area contributed by atoms with E-state index in [0.29, 0.717) is 35.1 Å². The van der Waals surface area contributed by atoms with Gasteiger partial charge in [0, 0.05) is 18.0 Å². The first-order valence-corrected chi connectivity index (χ1v) is 7.42. The maximum absolute atomic E-state index is 11.8. The first-order chi connectivity index (χ1) is 9.93. The van der Waals surface area contributed by atoms with Gasteiger partial charge < -0.3 is 15.7 Å². The van der Waals surface area contributed by atoms with Crippen molar-refractivity contribution >= 4 is 40.8 Å². The molecule has 1 aromatic rings. The molecule has 0 aromatic heterocycles. The molecular weight excluding hydrogens is 315 g/mol. The van der Waals surface area contributed by atoms with Crippen LogP contribution in [0.3, 0.4) is 0 Å². The minimum Gasteiger partial charge on any atom is -0.480 e. The molecule has 21 heavy (non-hydrogen) atoms. The first kappa shape index (κ1) is 16.1. The summed E-state index contributed by atoms with van der Waals surface area (Å²) in [6.07, 6.45) is 2.26. The maximum Gasteiger partial charge on any atom is 0.323 e. The summed E-state index contributed by atoms with van der Waals surface area (Å²) in [7, 11) is 0. The van der Waals surface area contributed by atoms with Crippen molar-refractivity contribution in [2.45, 2.75) is 31.2 Å². The Morgan fingerprint density at radius 1 is 1.29 bits per heavy atom. The highest BCUT2D eigenvalue weighted by Gasteiger charge is 2.43. The van der Waals surface area contributed by atoms with Crippen molar-refractivity contribution in [1.29, 1.82) is 0 Å². The number of rotatable bonds is 6. The second-order valence-electron chi connectivity index (χ2n) is 5.09. The molecule has 1 aliphatic carbocycles. The number of carbonyl (C=O) groups excluding carboxylic acids is 1. The summed E-state index contributed by atoms with van der Waals surface area (Å²) < 4.78 is 0. The van der Waals surface area contributed by atoms with Crippen LogP contribution in [0.2, 0.25) is 10.0 Å². The van der Waals surface area contributed by atoms with Crippen molar-refractivity contribution in [3.05, 3.63) is 28.2 Å². The van der Waals surface area contributed by atoms with E-state index in [0.717, 1.165) is 6.42 Å². The molecule has 0 radical (unpaired) electrons. The van der Waals surface area contributed by atoms with Gasteiger partial charge >= 0.3 is 5.97 Å². The fourth-order valence-corrected chi connectivity index (χ4v) is 2.55. The number of aliphatic carboxylic acids is 1. The summed E-state index contributed by atoms with van der Waals surface area (Å²) in [5.41, 5.74) is -0.403. The van der Waals surface area contributed by atoms with Crippen molar-refractivity contribution in [2.24, 2.45) is 0 Å². The van der Waals surface area contributed by atoms with Gasteiger partial charge in [0.2, 0.25) is 5.91 Å². The van der Waals surface area contributed by atoms with Crippen molar-refractivity contribution < 1.29 is 14.7 Å². The molecule has 0 atom stereocenters. The van der Waals surface area contributed by atoms with Gasteiger partial charge in [-0.1, -0.05) is 23.2 Å². The Morgan fingerprint density at radius 3 is 2.57 bits per heavy atom. The van der Waals surface area contributed by atoms with Gasteiger partial charge in [-0.2, -0.15) is 0 Å². The van der Waals surface area contributed by atoms with Crippen LogP contribution in [0.4, 0.5) is 5.69 Å². The molecule has 1 fully saturated rings. The average molecular weight is 331 g/mol. The molecule has 0 unspecified atom stereocenters. The van der Waals surface area contributed by atoms with Gasteiger partial charge in [-0.3, -0.25) is 9.59 Å². The van der Waals surface area contributed by atoms with Crippen LogP contribution in [0.5, 0.6) is 0 Å². The smallest absolute Gasteiger partial charge is 0.323 e. The SMILES string of the molecule is O=C(CCNC1(C(=O)O)CCC1)Nc1cc(Cl)ccc1Cl. The zero-order valence-electron chi connectivity index (χ0n) is 11.3. The lowest BCUT2D eigenvalue weighted by molar-refractivity contribution is -0.149. The Kier molecular flexibility index (Phi) is 5.08. The van der Waals surface area contributed by atoms with Crippen LogP contribution in [0, 0.1) is 0 Å². The lowest BCUT2D eigenvalue weighted by Crippen LogP contribution is -2.57. The third kappa shape index (κ3) is 3.87. The van der Waals surface area contributed by atoms with E-state index in [1.807, 2.05) is 0 Å². The summed E-state index contributed by atoms with van der Waals surface area (Å²) in [6.45, 7) is 0.302. The molecule has 7 heteroatoms.